The van der Waals surface area contributed by atoms with Crippen LogP contribution < -0.4 is 15.5 Å². The maximum Gasteiger partial charge on any atom is 0.191 e. The van der Waals surface area contributed by atoms with Gasteiger partial charge < -0.3 is 20.3 Å². The molecule has 1 unspecified atom stereocenters. The Morgan fingerprint density at radius 3 is 2.64 bits per heavy atom. The standard InChI is InChI=1S/C20H32BrN5O.HI/c1-2-22-20(23-8-10-25-11-13-27-14-12-25)24-15-17-7-9-26(16-17)19-5-3-18(21)4-6-19;/h3-6,17H,2,7-16H2,1H3,(H2,22,23,24);1H. The van der Waals surface area contributed by atoms with E-state index in [-0.39, 0.29) is 24.0 Å². The zero-order chi connectivity index (χ0) is 18.9. The fourth-order valence-electron chi connectivity index (χ4n) is 3.59. The van der Waals surface area contributed by atoms with Crippen LogP contribution in [0.25, 0.3) is 0 Å². The summed E-state index contributed by atoms with van der Waals surface area (Å²) in [5, 5.41) is 6.85. The van der Waals surface area contributed by atoms with E-state index in [9.17, 15) is 0 Å². The lowest BCUT2D eigenvalue weighted by molar-refractivity contribution is 0.0389. The van der Waals surface area contributed by atoms with Crippen molar-refractivity contribution in [2.75, 3.05) is 70.5 Å². The van der Waals surface area contributed by atoms with Gasteiger partial charge in [0.15, 0.2) is 5.96 Å². The number of aliphatic imine (C=N–C) groups is 1. The molecule has 2 saturated heterocycles. The molecule has 2 heterocycles. The molecule has 0 bridgehead atoms. The van der Waals surface area contributed by atoms with Crippen molar-refractivity contribution >= 4 is 51.6 Å². The Hall–Kier alpha value is -0.580. The van der Waals surface area contributed by atoms with Crippen LogP contribution in [0.3, 0.4) is 0 Å². The first-order valence-electron chi connectivity index (χ1n) is 10.1. The topological polar surface area (TPSA) is 52.1 Å². The summed E-state index contributed by atoms with van der Waals surface area (Å²) in [6.07, 6.45) is 1.20. The Balaban J connectivity index is 0.00000280. The van der Waals surface area contributed by atoms with Crippen LogP contribution in [-0.4, -0.2) is 76.4 Å². The van der Waals surface area contributed by atoms with Gasteiger partial charge in [-0.2, -0.15) is 0 Å². The third-order valence-electron chi connectivity index (χ3n) is 5.15. The van der Waals surface area contributed by atoms with Gasteiger partial charge >= 0.3 is 0 Å². The average molecular weight is 566 g/mol. The number of rotatable bonds is 7. The number of ether oxygens (including phenoxy) is 1. The summed E-state index contributed by atoms with van der Waals surface area (Å²) >= 11 is 3.51. The number of benzene rings is 1. The van der Waals surface area contributed by atoms with Gasteiger partial charge in [0.2, 0.25) is 0 Å². The van der Waals surface area contributed by atoms with E-state index in [0.29, 0.717) is 5.92 Å². The van der Waals surface area contributed by atoms with Crippen LogP contribution in [0.5, 0.6) is 0 Å². The third kappa shape index (κ3) is 7.68. The summed E-state index contributed by atoms with van der Waals surface area (Å²) in [6.45, 7) is 11.8. The molecule has 2 N–H and O–H groups in total. The van der Waals surface area contributed by atoms with Crippen LogP contribution in [0.1, 0.15) is 13.3 Å². The molecule has 0 radical (unpaired) electrons. The van der Waals surface area contributed by atoms with Crippen molar-refractivity contribution in [2.45, 2.75) is 13.3 Å². The summed E-state index contributed by atoms with van der Waals surface area (Å²) in [7, 11) is 0. The van der Waals surface area contributed by atoms with Gasteiger partial charge in [-0.25, -0.2) is 0 Å². The molecule has 2 aliphatic heterocycles. The predicted octanol–water partition coefficient (Wildman–Crippen LogP) is 2.78. The molecule has 1 atom stereocenters. The van der Waals surface area contributed by atoms with Crippen molar-refractivity contribution in [3.05, 3.63) is 28.7 Å². The smallest absolute Gasteiger partial charge is 0.191 e. The third-order valence-corrected chi connectivity index (χ3v) is 5.68. The number of morpholine rings is 1. The number of nitrogens with one attached hydrogen (secondary N) is 2. The Morgan fingerprint density at radius 1 is 1.18 bits per heavy atom. The molecular formula is C20H33BrIN5O. The molecule has 0 amide bonds. The fourth-order valence-corrected chi connectivity index (χ4v) is 3.85. The summed E-state index contributed by atoms with van der Waals surface area (Å²) in [5.74, 6) is 1.55. The number of hydrogen-bond donors (Lipinski definition) is 2. The van der Waals surface area contributed by atoms with Crippen LogP contribution in [0.4, 0.5) is 5.69 Å². The van der Waals surface area contributed by atoms with Gasteiger partial charge in [0, 0.05) is 62.5 Å². The highest BCUT2D eigenvalue weighted by molar-refractivity contribution is 14.0. The van der Waals surface area contributed by atoms with E-state index in [2.05, 4.69) is 67.6 Å². The summed E-state index contributed by atoms with van der Waals surface area (Å²) in [5.41, 5.74) is 1.31. The zero-order valence-corrected chi connectivity index (χ0v) is 20.6. The first-order chi connectivity index (χ1) is 13.2. The van der Waals surface area contributed by atoms with E-state index in [1.807, 2.05) is 0 Å². The highest BCUT2D eigenvalue weighted by atomic mass is 127. The number of halogens is 2. The van der Waals surface area contributed by atoms with Crippen LogP contribution in [0.15, 0.2) is 33.7 Å². The second-order valence-corrected chi connectivity index (χ2v) is 8.09. The molecule has 3 rings (SSSR count). The minimum absolute atomic E-state index is 0. The molecule has 0 spiro atoms. The largest absolute Gasteiger partial charge is 0.379 e. The summed E-state index contributed by atoms with van der Waals surface area (Å²) < 4.78 is 6.53. The molecule has 6 nitrogen and oxygen atoms in total. The van der Waals surface area contributed by atoms with Crippen molar-refractivity contribution in [3.8, 4) is 0 Å². The van der Waals surface area contributed by atoms with Crippen LogP contribution in [0.2, 0.25) is 0 Å². The summed E-state index contributed by atoms with van der Waals surface area (Å²) in [6, 6.07) is 8.60. The first-order valence-corrected chi connectivity index (χ1v) is 10.9. The van der Waals surface area contributed by atoms with E-state index in [1.165, 1.54) is 12.1 Å². The van der Waals surface area contributed by atoms with Crippen molar-refractivity contribution < 1.29 is 4.74 Å². The van der Waals surface area contributed by atoms with E-state index in [0.717, 1.165) is 76.0 Å². The Kier molecular flexibility index (Phi) is 10.9. The lowest BCUT2D eigenvalue weighted by atomic mass is 10.1. The van der Waals surface area contributed by atoms with Gasteiger partial charge in [-0.05, 0) is 43.5 Å². The molecule has 2 aliphatic rings. The maximum absolute atomic E-state index is 5.40. The average Bonchev–Trinajstić information content (AvgIpc) is 3.16. The van der Waals surface area contributed by atoms with Crippen molar-refractivity contribution in [2.24, 2.45) is 10.9 Å². The Bertz CT molecular complexity index is 595. The van der Waals surface area contributed by atoms with Gasteiger partial charge in [0.1, 0.15) is 0 Å². The number of anilines is 1. The molecule has 8 heteroatoms. The molecule has 0 saturated carbocycles. The molecule has 1 aromatic carbocycles. The highest BCUT2D eigenvalue weighted by Gasteiger charge is 2.22. The summed E-state index contributed by atoms with van der Waals surface area (Å²) in [4.78, 5) is 9.74. The molecule has 2 fully saturated rings. The Morgan fingerprint density at radius 2 is 1.93 bits per heavy atom. The quantitative estimate of drug-likeness (QED) is 0.302. The molecule has 1 aromatic rings. The van der Waals surface area contributed by atoms with Gasteiger partial charge in [-0.3, -0.25) is 9.89 Å². The van der Waals surface area contributed by atoms with E-state index in [4.69, 9.17) is 9.73 Å². The van der Waals surface area contributed by atoms with E-state index in [1.54, 1.807) is 0 Å². The van der Waals surface area contributed by atoms with Gasteiger partial charge in [-0.15, -0.1) is 24.0 Å². The monoisotopic (exact) mass is 565 g/mol. The maximum atomic E-state index is 5.40. The molecule has 0 aromatic heterocycles. The second-order valence-electron chi connectivity index (χ2n) is 7.18. The molecular weight excluding hydrogens is 533 g/mol. The minimum atomic E-state index is 0. The predicted molar refractivity (Wildman–Crippen MR) is 131 cm³/mol. The van der Waals surface area contributed by atoms with Crippen molar-refractivity contribution in [1.82, 2.24) is 15.5 Å². The molecule has 0 aliphatic carbocycles. The molecule has 28 heavy (non-hydrogen) atoms. The van der Waals surface area contributed by atoms with Crippen LogP contribution in [0, 0.1) is 5.92 Å². The van der Waals surface area contributed by atoms with Gasteiger partial charge in [0.05, 0.1) is 13.2 Å². The van der Waals surface area contributed by atoms with E-state index >= 15 is 0 Å². The Labute approximate surface area is 194 Å². The normalized spacial score (nSPS) is 20.7. The number of hydrogen-bond acceptors (Lipinski definition) is 4. The second kappa shape index (κ2) is 12.9. The van der Waals surface area contributed by atoms with Crippen molar-refractivity contribution in [3.63, 3.8) is 0 Å². The van der Waals surface area contributed by atoms with E-state index < -0.39 is 0 Å². The first kappa shape index (κ1) is 23.7. The number of guanidine groups is 1. The highest BCUT2D eigenvalue weighted by Crippen LogP contribution is 2.25. The number of nitrogens with zero attached hydrogens (tertiary/aromatic N) is 3. The van der Waals surface area contributed by atoms with Crippen LogP contribution in [-0.2, 0) is 4.74 Å². The molecule has 158 valence electrons. The SMILES string of the molecule is CCNC(=NCC1CCN(c2ccc(Br)cc2)C1)NCCN1CCOCC1.I. The van der Waals surface area contributed by atoms with Gasteiger partial charge in [0.25, 0.3) is 0 Å². The minimum Gasteiger partial charge on any atom is -0.379 e. The lowest BCUT2D eigenvalue weighted by Crippen LogP contribution is -2.44. The van der Waals surface area contributed by atoms with Crippen molar-refractivity contribution in [1.29, 1.82) is 0 Å². The van der Waals surface area contributed by atoms with Crippen LogP contribution >= 0.6 is 39.9 Å². The van der Waals surface area contributed by atoms with Gasteiger partial charge in [-0.1, -0.05) is 15.9 Å². The zero-order valence-electron chi connectivity index (χ0n) is 16.7. The lowest BCUT2D eigenvalue weighted by Gasteiger charge is -2.26. The fraction of sp³-hybridized carbons (Fsp3) is 0.650.